The van der Waals surface area contributed by atoms with Crippen LogP contribution >= 0.6 is 23.0 Å². The highest BCUT2D eigenvalue weighted by Gasteiger charge is 2.27. The summed E-state index contributed by atoms with van der Waals surface area (Å²) in [5.41, 5.74) is 0. The van der Waals surface area contributed by atoms with E-state index in [9.17, 15) is 0 Å². The standard InChI is InChI=1S/C11H20INO2.CH4O/c12-15-9-11-8-13(6-7-14-11)10-4-2-1-3-5-10;1-2/h10-11H,1-9H2;2H,1H3. The molecule has 1 N–H and O–H groups in total. The molecule has 0 spiro atoms. The van der Waals surface area contributed by atoms with Crippen LogP contribution in [0.1, 0.15) is 32.1 Å². The third-order valence-corrected chi connectivity index (χ3v) is 3.87. The Kier molecular flexibility index (Phi) is 8.73. The van der Waals surface area contributed by atoms with Crippen molar-refractivity contribution < 1.29 is 12.9 Å². The predicted molar refractivity (Wildman–Crippen MR) is 76.3 cm³/mol. The Morgan fingerprint density at radius 2 is 2.00 bits per heavy atom. The molecule has 0 bridgehead atoms. The smallest absolute Gasteiger partial charge is 0.109 e. The van der Waals surface area contributed by atoms with E-state index in [1.807, 2.05) is 23.0 Å². The Labute approximate surface area is 118 Å². The van der Waals surface area contributed by atoms with Crippen LogP contribution in [0.25, 0.3) is 0 Å². The van der Waals surface area contributed by atoms with Crippen molar-refractivity contribution in [1.29, 1.82) is 0 Å². The molecule has 4 nitrogen and oxygen atoms in total. The topological polar surface area (TPSA) is 41.9 Å². The number of hydrogen-bond acceptors (Lipinski definition) is 4. The summed E-state index contributed by atoms with van der Waals surface area (Å²) in [6.45, 7) is 3.78. The van der Waals surface area contributed by atoms with Crippen molar-refractivity contribution in [2.24, 2.45) is 0 Å². The second kappa shape index (κ2) is 9.49. The molecule has 5 heteroatoms. The highest BCUT2D eigenvalue weighted by molar-refractivity contribution is 14.1. The van der Waals surface area contributed by atoms with E-state index in [1.54, 1.807) is 0 Å². The lowest BCUT2D eigenvalue weighted by molar-refractivity contribution is -0.0594. The quantitative estimate of drug-likeness (QED) is 0.785. The molecule has 0 aromatic heterocycles. The lowest BCUT2D eigenvalue weighted by Gasteiger charge is -2.39. The minimum atomic E-state index is 0.289. The van der Waals surface area contributed by atoms with E-state index in [0.717, 1.165) is 39.5 Å². The van der Waals surface area contributed by atoms with Gasteiger partial charge in [-0.2, -0.15) is 0 Å². The first kappa shape index (κ1) is 15.6. The Morgan fingerprint density at radius 3 is 2.65 bits per heavy atom. The fraction of sp³-hybridized carbons (Fsp3) is 1.00. The number of ether oxygens (including phenoxy) is 1. The fourth-order valence-corrected chi connectivity index (χ4v) is 3.09. The van der Waals surface area contributed by atoms with Gasteiger partial charge in [-0.15, -0.1) is 0 Å². The normalized spacial score (nSPS) is 27.4. The average Bonchev–Trinajstić information content (AvgIpc) is 2.43. The maximum atomic E-state index is 7.00. The number of rotatable bonds is 3. The van der Waals surface area contributed by atoms with Crippen molar-refractivity contribution in [2.45, 2.75) is 44.2 Å². The lowest BCUT2D eigenvalue weighted by Crippen LogP contribution is -2.49. The van der Waals surface area contributed by atoms with Gasteiger partial charge >= 0.3 is 0 Å². The summed E-state index contributed by atoms with van der Waals surface area (Å²) >= 11 is 1.95. The Hall–Kier alpha value is 0.570. The number of nitrogens with zero attached hydrogens (tertiary/aromatic N) is 1. The molecular weight excluding hydrogens is 333 g/mol. The number of aliphatic hydroxyl groups is 1. The fourth-order valence-electron chi connectivity index (χ4n) is 2.69. The maximum absolute atomic E-state index is 7.00. The minimum Gasteiger partial charge on any atom is -0.400 e. The van der Waals surface area contributed by atoms with Crippen molar-refractivity contribution >= 4 is 23.0 Å². The van der Waals surface area contributed by atoms with Crippen LogP contribution in [0.3, 0.4) is 0 Å². The highest BCUT2D eigenvalue weighted by atomic mass is 127. The highest BCUT2D eigenvalue weighted by Crippen LogP contribution is 2.24. The summed E-state index contributed by atoms with van der Waals surface area (Å²) in [4.78, 5) is 2.61. The first-order valence-corrected chi connectivity index (χ1v) is 7.32. The first-order chi connectivity index (χ1) is 8.40. The molecule has 2 fully saturated rings. The molecule has 2 aliphatic rings. The zero-order valence-corrected chi connectivity index (χ0v) is 12.8. The lowest BCUT2D eigenvalue weighted by atomic mass is 9.94. The third kappa shape index (κ3) is 5.38. The van der Waals surface area contributed by atoms with Crippen LogP contribution in [0, 0.1) is 0 Å². The zero-order chi connectivity index (χ0) is 12.5. The molecule has 1 atom stereocenters. The number of aliphatic hydroxyl groups excluding tert-OH is 1. The molecule has 17 heavy (non-hydrogen) atoms. The first-order valence-electron chi connectivity index (χ1n) is 6.44. The van der Waals surface area contributed by atoms with Crippen LogP contribution in [0.5, 0.6) is 0 Å². The Bertz CT molecular complexity index is 187. The molecule has 1 aliphatic carbocycles. The van der Waals surface area contributed by atoms with Crippen LogP contribution in [-0.4, -0.2) is 55.6 Å². The van der Waals surface area contributed by atoms with Crippen LogP contribution in [0.2, 0.25) is 0 Å². The van der Waals surface area contributed by atoms with Gasteiger partial charge in [-0.1, -0.05) is 19.3 Å². The third-order valence-electron chi connectivity index (χ3n) is 3.51. The van der Waals surface area contributed by atoms with Crippen LogP contribution in [0.15, 0.2) is 0 Å². The summed E-state index contributed by atoms with van der Waals surface area (Å²) in [5.74, 6) is 0. The van der Waals surface area contributed by atoms with E-state index in [4.69, 9.17) is 12.9 Å². The Balaban J connectivity index is 0.000000686. The summed E-state index contributed by atoms with van der Waals surface area (Å²) in [6.07, 6.45) is 7.32. The summed E-state index contributed by atoms with van der Waals surface area (Å²) in [7, 11) is 1.00. The van der Waals surface area contributed by atoms with Crippen molar-refractivity contribution in [1.82, 2.24) is 4.90 Å². The van der Waals surface area contributed by atoms with Crippen molar-refractivity contribution in [3.63, 3.8) is 0 Å². The number of hydrogen-bond donors (Lipinski definition) is 1. The van der Waals surface area contributed by atoms with E-state index in [-0.39, 0.29) is 6.10 Å². The second-order valence-electron chi connectivity index (χ2n) is 4.56. The minimum absolute atomic E-state index is 0.289. The summed E-state index contributed by atoms with van der Waals surface area (Å²) < 4.78 is 10.8. The van der Waals surface area contributed by atoms with E-state index in [1.165, 1.54) is 32.1 Å². The van der Waals surface area contributed by atoms with Gasteiger partial charge in [-0.25, -0.2) is 0 Å². The molecule has 1 aliphatic heterocycles. The van der Waals surface area contributed by atoms with Gasteiger partial charge in [0.25, 0.3) is 0 Å². The summed E-state index contributed by atoms with van der Waals surface area (Å²) in [6, 6.07) is 0.819. The van der Waals surface area contributed by atoms with Crippen molar-refractivity contribution in [3.05, 3.63) is 0 Å². The van der Waals surface area contributed by atoms with Crippen LogP contribution in [-0.2, 0) is 7.80 Å². The monoisotopic (exact) mass is 357 g/mol. The SMILES string of the molecule is CO.IOCC1CN(C2CCCCC2)CCO1. The molecule has 0 radical (unpaired) electrons. The van der Waals surface area contributed by atoms with Crippen LogP contribution in [0.4, 0.5) is 0 Å². The van der Waals surface area contributed by atoms with Gasteiger partial charge < -0.3 is 12.9 Å². The van der Waals surface area contributed by atoms with E-state index in [2.05, 4.69) is 4.90 Å². The van der Waals surface area contributed by atoms with Gasteiger partial charge in [0.2, 0.25) is 0 Å². The average molecular weight is 357 g/mol. The molecule has 1 saturated carbocycles. The number of halogens is 1. The molecule has 0 aromatic carbocycles. The zero-order valence-electron chi connectivity index (χ0n) is 10.6. The maximum Gasteiger partial charge on any atom is 0.109 e. The van der Waals surface area contributed by atoms with Crippen LogP contribution < -0.4 is 0 Å². The van der Waals surface area contributed by atoms with Crippen molar-refractivity contribution in [3.8, 4) is 0 Å². The van der Waals surface area contributed by atoms with Gasteiger partial charge in [-0.3, -0.25) is 4.90 Å². The van der Waals surface area contributed by atoms with E-state index >= 15 is 0 Å². The number of morpholine rings is 1. The van der Waals surface area contributed by atoms with Gasteiger partial charge in [0.05, 0.1) is 19.3 Å². The largest absolute Gasteiger partial charge is 0.400 e. The molecule has 1 unspecified atom stereocenters. The molecule has 0 aromatic rings. The van der Waals surface area contributed by atoms with Gasteiger partial charge in [-0.05, 0) is 12.8 Å². The van der Waals surface area contributed by atoms with E-state index < -0.39 is 0 Å². The van der Waals surface area contributed by atoms with E-state index in [0.29, 0.717) is 0 Å². The van der Waals surface area contributed by atoms with Gasteiger partial charge in [0.1, 0.15) is 23.0 Å². The second-order valence-corrected chi connectivity index (χ2v) is 5.18. The molecule has 1 saturated heterocycles. The van der Waals surface area contributed by atoms with Gasteiger partial charge in [0.15, 0.2) is 0 Å². The Morgan fingerprint density at radius 1 is 1.29 bits per heavy atom. The molecule has 102 valence electrons. The van der Waals surface area contributed by atoms with Crippen molar-refractivity contribution in [2.75, 3.05) is 33.4 Å². The molecular formula is C12H24INO3. The molecule has 2 rings (SSSR count). The molecule has 1 heterocycles. The summed E-state index contributed by atoms with van der Waals surface area (Å²) in [5, 5.41) is 7.00. The van der Waals surface area contributed by atoms with Gasteiger partial charge in [0, 0.05) is 26.2 Å². The molecule has 0 amide bonds. The predicted octanol–water partition coefficient (Wildman–Crippen LogP) is 2.00.